The molecule has 1 aliphatic heterocycles. The van der Waals surface area contributed by atoms with E-state index in [1.54, 1.807) is 17.0 Å². The SMILES string of the molecule is CC1CCc2c(N=CC(O)c3cc(F)ccc3OC(F)F)cccc2N1C=O. The molecule has 0 bridgehead atoms. The van der Waals surface area contributed by atoms with Gasteiger partial charge in [0, 0.05) is 29.1 Å². The van der Waals surface area contributed by atoms with Crippen LogP contribution in [-0.2, 0) is 11.2 Å². The van der Waals surface area contributed by atoms with Crippen LogP contribution in [0, 0.1) is 5.82 Å². The van der Waals surface area contributed by atoms with Crippen LogP contribution in [0.5, 0.6) is 5.75 Å². The third-order valence-electron chi connectivity index (χ3n) is 4.67. The summed E-state index contributed by atoms with van der Waals surface area (Å²) in [7, 11) is 0. The minimum Gasteiger partial charge on any atom is -0.434 e. The van der Waals surface area contributed by atoms with Gasteiger partial charge in [-0.25, -0.2) is 4.39 Å². The van der Waals surface area contributed by atoms with E-state index in [9.17, 15) is 23.1 Å². The molecule has 28 heavy (non-hydrogen) atoms. The van der Waals surface area contributed by atoms with Gasteiger partial charge in [0.05, 0.1) is 5.69 Å². The molecule has 8 heteroatoms. The number of alkyl halides is 2. The number of halogens is 3. The summed E-state index contributed by atoms with van der Waals surface area (Å²) in [6.45, 7) is -1.16. The molecule has 3 rings (SSSR count). The van der Waals surface area contributed by atoms with Crippen molar-refractivity contribution < 1.29 is 27.8 Å². The molecule has 0 spiro atoms. The van der Waals surface area contributed by atoms with Crippen molar-refractivity contribution in [3.05, 3.63) is 53.3 Å². The molecule has 0 fully saturated rings. The monoisotopic (exact) mass is 392 g/mol. The number of aliphatic imine (C=N–C) groups is 1. The summed E-state index contributed by atoms with van der Waals surface area (Å²) in [6, 6.07) is 8.26. The number of rotatable bonds is 6. The van der Waals surface area contributed by atoms with Gasteiger partial charge in [-0.15, -0.1) is 0 Å². The van der Waals surface area contributed by atoms with Gasteiger partial charge < -0.3 is 14.7 Å². The number of hydrogen-bond donors (Lipinski definition) is 1. The van der Waals surface area contributed by atoms with Gasteiger partial charge in [-0.3, -0.25) is 9.79 Å². The van der Waals surface area contributed by atoms with Crippen LogP contribution in [0.1, 0.15) is 30.6 Å². The molecular formula is C20H19F3N2O3. The van der Waals surface area contributed by atoms with Gasteiger partial charge in [0.15, 0.2) is 0 Å². The molecule has 2 unspecified atom stereocenters. The number of amides is 1. The van der Waals surface area contributed by atoms with E-state index in [0.717, 1.165) is 48.5 Å². The number of hydrogen-bond acceptors (Lipinski definition) is 4. The van der Waals surface area contributed by atoms with E-state index in [0.29, 0.717) is 12.1 Å². The number of fused-ring (bicyclic) bond motifs is 1. The lowest BCUT2D eigenvalue weighted by atomic mass is 9.96. The molecule has 1 heterocycles. The Morgan fingerprint density at radius 2 is 2.11 bits per heavy atom. The number of aliphatic hydroxyl groups excluding tert-OH is 1. The van der Waals surface area contributed by atoms with Crippen LogP contribution in [0.4, 0.5) is 24.5 Å². The number of benzene rings is 2. The zero-order chi connectivity index (χ0) is 20.3. The molecule has 148 valence electrons. The lowest BCUT2D eigenvalue weighted by Crippen LogP contribution is -2.36. The predicted molar refractivity (Wildman–Crippen MR) is 98.9 cm³/mol. The first-order valence-corrected chi connectivity index (χ1v) is 8.72. The summed E-state index contributed by atoms with van der Waals surface area (Å²) in [4.78, 5) is 17.3. The van der Waals surface area contributed by atoms with Crippen LogP contribution in [0.2, 0.25) is 0 Å². The molecule has 1 aliphatic rings. The molecule has 2 aromatic carbocycles. The van der Waals surface area contributed by atoms with Crippen LogP contribution >= 0.6 is 0 Å². The number of carbonyl (C=O) groups excluding carboxylic acids is 1. The molecular weight excluding hydrogens is 373 g/mol. The summed E-state index contributed by atoms with van der Waals surface area (Å²) in [5.74, 6) is -1.02. The zero-order valence-corrected chi connectivity index (χ0v) is 15.1. The van der Waals surface area contributed by atoms with Crippen LogP contribution in [0.15, 0.2) is 41.4 Å². The number of nitrogens with zero attached hydrogens (tertiary/aromatic N) is 2. The largest absolute Gasteiger partial charge is 0.434 e. The van der Waals surface area contributed by atoms with E-state index in [1.165, 1.54) is 0 Å². The maximum atomic E-state index is 13.5. The van der Waals surface area contributed by atoms with Gasteiger partial charge in [-0.1, -0.05) is 6.07 Å². The van der Waals surface area contributed by atoms with Gasteiger partial charge >= 0.3 is 6.61 Å². The van der Waals surface area contributed by atoms with Gasteiger partial charge in [0.25, 0.3) is 0 Å². The first kappa shape index (κ1) is 19.9. The van der Waals surface area contributed by atoms with Crippen LogP contribution in [0.25, 0.3) is 0 Å². The first-order chi connectivity index (χ1) is 13.4. The van der Waals surface area contributed by atoms with Crippen molar-refractivity contribution in [2.75, 3.05) is 4.90 Å². The fourth-order valence-corrected chi connectivity index (χ4v) is 3.26. The fraction of sp³-hybridized carbons (Fsp3) is 0.300. The number of ether oxygens (including phenoxy) is 1. The Hall–Kier alpha value is -2.87. The van der Waals surface area contributed by atoms with Gasteiger partial charge in [-0.05, 0) is 50.1 Å². The Labute approximate surface area is 160 Å². The van der Waals surface area contributed by atoms with E-state index < -0.39 is 18.5 Å². The molecule has 0 aromatic heterocycles. The Morgan fingerprint density at radius 3 is 2.82 bits per heavy atom. The molecule has 5 nitrogen and oxygen atoms in total. The van der Waals surface area contributed by atoms with Crippen molar-refractivity contribution in [1.82, 2.24) is 0 Å². The second kappa shape index (κ2) is 8.43. The summed E-state index contributed by atoms with van der Waals surface area (Å²) in [5, 5.41) is 10.3. The van der Waals surface area contributed by atoms with Crippen LogP contribution < -0.4 is 9.64 Å². The molecule has 2 aromatic rings. The molecule has 1 amide bonds. The average Bonchev–Trinajstić information content (AvgIpc) is 2.66. The molecule has 0 saturated carbocycles. The Balaban J connectivity index is 1.90. The third kappa shape index (κ3) is 4.17. The molecule has 0 saturated heterocycles. The summed E-state index contributed by atoms with van der Waals surface area (Å²) in [6.07, 6.45) is 1.91. The predicted octanol–water partition coefficient (Wildman–Crippen LogP) is 4.16. The normalized spacial score (nSPS) is 17.6. The zero-order valence-electron chi connectivity index (χ0n) is 15.1. The van der Waals surface area contributed by atoms with Gasteiger partial charge in [-0.2, -0.15) is 8.78 Å². The van der Waals surface area contributed by atoms with E-state index in [4.69, 9.17) is 0 Å². The van der Waals surface area contributed by atoms with Crippen molar-refractivity contribution in [3.63, 3.8) is 0 Å². The van der Waals surface area contributed by atoms with E-state index >= 15 is 0 Å². The van der Waals surface area contributed by atoms with E-state index in [1.807, 2.05) is 13.0 Å². The Bertz CT molecular complexity index is 889. The van der Waals surface area contributed by atoms with Crippen molar-refractivity contribution in [2.45, 2.75) is 38.5 Å². The summed E-state index contributed by atoms with van der Waals surface area (Å²) in [5.41, 5.74) is 1.98. The van der Waals surface area contributed by atoms with Crippen LogP contribution in [0.3, 0.4) is 0 Å². The molecule has 0 radical (unpaired) electrons. The molecule has 1 N–H and O–H groups in total. The van der Waals surface area contributed by atoms with E-state index in [-0.39, 0.29) is 17.4 Å². The van der Waals surface area contributed by atoms with Crippen LogP contribution in [-0.4, -0.2) is 30.4 Å². The minimum atomic E-state index is -3.11. The molecule has 0 aliphatic carbocycles. The summed E-state index contributed by atoms with van der Waals surface area (Å²) < 4.78 is 42.9. The lowest BCUT2D eigenvalue weighted by Gasteiger charge is -2.32. The van der Waals surface area contributed by atoms with Crippen molar-refractivity contribution in [3.8, 4) is 5.75 Å². The highest BCUT2D eigenvalue weighted by Gasteiger charge is 2.24. The first-order valence-electron chi connectivity index (χ1n) is 8.72. The van der Waals surface area contributed by atoms with Gasteiger partial charge in [0.2, 0.25) is 6.41 Å². The fourth-order valence-electron chi connectivity index (χ4n) is 3.26. The second-order valence-electron chi connectivity index (χ2n) is 6.46. The quantitative estimate of drug-likeness (QED) is 0.593. The van der Waals surface area contributed by atoms with Gasteiger partial charge in [0.1, 0.15) is 17.7 Å². The Morgan fingerprint density at radius 1 is 1.32 bits per heavy atom. The number of anilines is 1. The average molecular weight is 392 g/mol. The number of carbonyl (C=O) groups is 1. The molecule has 2 atom stereocenters. The highest BCUT2D eigenvalue weighted by Crippen LogP contribution is 2.36. The summed E-state index contributed by atoms with van der Waals surface area (Å²) >= 11 is 0. The topological polar surface area (TPSA) is 62.1 Å². The maximum absolute atomic E-state index is 13.5. The highest BCUT2D eigenvalue weighted by atomic mass is 19.3. The Kier molecular flexibility index (Phi) is 5.99. The maximum Gasteiger partial charge on any atom is 0.387 e. The van der Waals surface area contributed by atoms with Crippen molar-refractivity contribution in [2.24, 2.45) is 4.99 Å². The smallest absolute Gasteiger partial charge is 0.387 e. The highest BCUT2D eigenvalue weighted by molar-refractivity contribution is 5.83. The van der Waals surface area contributed by atoms with Crippen molar-refractivity contribution >= 4 is 24.0 Å². The minimum absolute atomic E-state index is 0.0659. The standard InChI is InChI=1S/C20H19F3N2O3/c1-12-5-7-14-16(3-2-4-17(14)25(12)11-26)24-10-18(27)15-9-13(21)6-8-19(15)28-20(22)23/h2-4,6,8-12,18,20,27H,5,7H2,1H3. The van der Waals surface area contributed by atoms with Crippen molar-refractivity contribution in [1.29, 1.82) is 0 Å². The third-order valence-corrected chi connectivity index (χ3v) is 4.67. The second-order valence-corrected chi connectivity index (χ2v) is 6.46. The van der Waals surface area contributed by atoms with E-state index in [2.05, 4.69) is 9.73 Å². The number of aliphatic hydroxyl groups is 1. The lowest BCUT2D eigenvalue weighted by molar-refractivity contribution is -0.107.